The molecule has 0 radical (unpaired) electrons. The predicted molar refractivity (Wildman–Crippen MR) is 96.7 cm³/mol. The minimum absolute atomic E-state index is 0.0197. The standard InChI is InChI=1S/C19H18N2O6/c1-11-17(19(23)26-4)14(10-20)18(27-11)21-16(22)8-5-12-9-13(24-2)6-7-15(12)25-3/h5-9H,1-4H3,(H,21,22)/b8-5+. The molecule has 1 aromatic carbocycles. The summed E-state index contributed by atoms with van der Waals surface area (Å²) in [4.78, 5) is 24.0. The van der Waals surface area contributed by atoms with Crippen LogP contribution in [0.25, 0.3) is 6.08 Å². The number of hydrogen-bond donors (Lipinski definition) is 1. The number of rotatable bonds is 6. The zero-order valence-corrected chi connectivity index (χ0v) is 15.3. The molecule has 140 valence electrons. The Hall–Kier alpha value is -3.73. The fourth-order valence-electron chi connectivity index (χ4n) is 2.38. The van der Waals surface area contributed by atoms with Gasteiger partial charge < -0.3 is 18.6 Å². The van der Waals surface area contributed by atoms with E-state index in [0.29, 0.717) is 17.1 Å². The number of carbonyl (C=O) groups is 2. The Kier molecular flexibility index (Phi) is 6.23. The second kappa shape index (κ2) is 8.58. The highest BCUT2D eigenvalue weighted by Crippen LogP contribution is 2.28. The van der Waals surface area contributed by atoms with Crippen molar-refractivity contribution in [3.63, 3.8) is 0 Å². The van der Waals surface area contributed by atoms with Crippen LogP contribution in [0.1, 0.15) is 27.2 Å². The van der Waals surface area contributed by atoms with Gasteiger partial charge in [0.1, 0.15) is 34.5 Å². The van der Waals surface area contributed by atoms with Crippen LogP contribution in [0.5, 0.6) is 11.5 Å². The van der Waals surface area contributed by atoms with Crippen LogP contribution in [0.15, 0.2) is 28.7 Å². The normalized spacial score (nSPS) is 10.3. The summed E-state index contributed by atoms with van der Waals surface area (Å²) in [6.45, 7) is 1.50. The quantitative estimate of drug-likeness (QED) is 0.615. The monoisotopic (exact) mass is 370 g/mol. The van der Waals surface area contributed by atoms with Crippen molar-refractivity contribution < 1.29 is 28.2 Å². The van der Waals surface area contributed by atoms with Gasteiger partial charge in [0.05, 0.1) is 21.3 Å². The van der Waals surface area contributed by atoms with Gasteiger partial charge in [-0.25, -0.2) is 4.79 Å². The Labute approximate surface area is 155 Å². The van der Waals surface area contributed by atoms with Crippen LogP contribution in [0.3, 0.4) is 0 Å². The topological polar surface area (TPSA) is 111 Å². The van der Waals surface area contributed by atoms with Crippen molar-refractivity contribution in [2.45, 2.75) is 6.92 Å². The predicted octanol–water partition coefficient (Wildman–Crippen LogP) is 2.92. The highest BCUT2D eigenvalue weighted by atomic mass is 16.5. The highest BCUT2D eigenvalue weighted by Gasteiger charge is 2.25. The van der Waals surface area contributed by atoms with E-state index in [-0.39, 0.29) is 22.8 Å². The van der Waals surface area contributed by atoms with Crippen molar-refractivity contribution >= 4 is 23.8 Å². The molecule has 1 aromatic heterocycles. The molecular formula is C19H18N2O6. The fourth-order valence-corrected chi connectivity index (χ4v) is 2.38. The van der Waals surface area contributed by atoms with E-state index in [1.165, 1.54) is 40.4 Å². The SMILES string of the molecule is COC(=O)c1c(C)oc(NC(=O)/C=C/c2cc(OC)ccc2OC)c1C#N. The Balaban J connectivity index is 2.26. The summed E-state index contributed by atoms with van der Waals surface area (Å²) in [5.74, 6) is -0.0623. The lowest BCUT2D eigenvalue weighted by molar-refractivity contribution is -0.111. The van der Waals surface area contributed by atoms with Crippen LogP contribution >= 0.6 is 0 Å². The van der Waals surface area contributed by atoms with Crippen molar-refractivity contribution in [3.05, 3.63) is 46.7 Å². The van der Waals surface area contributed by atoms with Gasteiger partial charge in [-0.1, -0.05) is 0 Å². The van der Waals surface area contributed by atoms with Crippen LogP contribution in [0.2, 0.25) is 0 Å². The molecule has 0 atom stereocenters. The molecule has 0 unspecified atom stereocenters. The lowest BCUT2D eigenvalue weighted by Gasteiger charge is -2.07. The van der Waals surface area contributed by atoms with Crippen molar-refractivity contribution in [2.75, 3.05) is 26.6 Å². The molecule has 0 aliphatic rings. The highest BCUT2D eigenvalue weighted by molar-refractivity contribution is 6.03. The molecule has 1 heterocycles. The number of amides is 1. The van der Waals surface area contributed by atoms with Gasteiger partial charge in [0.2, 0.25) is 5.88 Å². The summed E-state index contributed by atoms with van der Waals surface area (Å²) in [5, 5.41) is 11.7. The number of nitrogens with zero attached hydrogens (tertiary/aromatic N) is 1. The lowest BCUT2D eigenvalue weighted by atomic mass is 10.1. The van der Waals surface area contributed by atoms with E-state index < -0.39 is 11.9 Å². The average Bonchev–Trinajstić information content (AvgIpc) is 2.99. The molecule has 1 amide bonds. The number of nitrogens with one attached hydrogen (secondary N) is 1. The largest absolute Gasteiger partial charge is 0.497 e. The van der Waals surface area contributed by atoms with E-state index >= 15 is 0 Å². The van der Waals surface area contributed by atoms with Crippen LogP contribution < -0.4 is 14.8 Å². The molecule has 2 rings (SSSR count). The Morgan fingerprint density at radius 3 is 2.56 bits per heavy atom. The third-order valence-corrected chi connectivity index (χ3v) is 3.67. The third-order valence-electron chi connectivity index (χ3n) is 3.67. The second-order valence-electron chi connectivity index (χ2n) is 5.27. The molecule has 0 aliphatic carbocycles. The minimum atomic E-state index is -0.718. The van der Waals surface area contributed by atoms with Gasteiger partial charge in [0.25, 0.3) is 5.91 Å². The van der Waals surface area contributed by atoms with Gasteiger partial charge in [-0.3, -0.25) is 10.1 Å². The van der Waals surface area contributed by atoms with Crippen LogP contribution in [0.4, 0.5) is 5.88 Å². The van der Waals surface area contributed by atoms with Crippen molar-refractivity contribution in [1.29, 1.82) is 5.26 Å². The van der Waals surface area contributed by atoms with Gasteiger partial charge in [-0.2, -0.15) is 5.26 Å². The van der Waals surface area contributed by atoms with Crippen molar-refractivity contribution in [2.24, 2.45) is 0 Å². The van der Waals surface area contributed by atoms with Gasteiger partial charge in [-0.05, 0) is 31.2 Å². The first-order valence-electron chi connectivity index (χ1n) is 7.78. The maximum absolute atomic E-state index is 12.2. The molecule has 8 heteroatoms. The van der Waals surface area contributed by atoms with E-state index in [4.69, 9.17) is 13.9 Å². The summed E-state index contributed by atoms with van der Waals surface area (Å²) >= 11 is 0. The first-order chi connectivity index (χ1) is 12.9. The van der Waals surface area contributed by atoms with Crippen molar-refractivity contribution in [3.8, 4) is 17.6 Å². The number of benzene rings is 1. The molecule has 8 nitrogen and oxygen atoms in total. The Bertz CT molecular complexity index is 936. The smallest absolute Gasteiger partial charge is 0.342 e. The summed E-state index contributed by atoms with van der Waals surface area (Å²) < 4.78 is 20.3. The van der Waals surface area contributed by atoms with Crippen LogP contribution in [-0.2, 0) is 9.53 Å². The van der Waals surface area contributed by atoms with Gasteiger partial charge in [0, 0.05) is 11.6 Å². The molecule has 1 N–H and O–H groups in total. The number of carbonyl (C=O) groups excluding carboxylic acids is 2. The first kappa shape index (κ1) is 19.6. The third kappa shape index (κ3) is 4.27. The molecule has 0 fully saturated rings. The number of nitriles is 1. The number of hydrogen-bond acceptors (Lipinski definition) is 7. The van der Waals surface area contributed by atoms with E-state index in [2.05, 4.69) is 10.1 Å². The minimum Gasteiger partial charge on any atom is -0.497 e. The molecule has 0 saturated carbocycles. The van der Waals surface area contributed by atoms with E-state index in [9.17, 15) is 14.9 Å². The van der Waals surface area contributed by atoms with Crippen molar-refractivity contribution in [1.82, 2.24) is 0 Å². The Morgan fingerprint density at radius 1 is 1.22 bits per heavy atom. The summed E-state index contributed by atoms with van der Waals surface area (Å²) in [7, 11) is 4.24. The number of ether oxygens (including phenoxy) is 3. The number of furan rings is 1. The molecule has 0 spiro atoms. The number of anilines is 1. The summed E-state index contributed by atoms with van der Waals surface area (Å²) in [6.07, 6.45) is 2.77. The van der Waals surface area contributed by atoms with E-state index in [1.807, 2.05) is 6.07 Å². The van der Waals surface area contributed by atoms with Gasteiger partial charge in [0.15, 0.2) is 0 Å². The molecular weight excluding hydrogens is 352 g/mol. The molecule has 2 aromatic rings. The second-order valence-corrected chi connectivity index (χ2v) is 5.27. The molecule has 27 heavy (non-hydrogen) atoms. The maximum Gasteiger partial charge on any atom is 0.342 e. The van der Waals surface area contributed by atoms with Crippen LogP contribution in [0, 0.1) is 18.3 Å². The Morgan fingerprint density at radius 2 is 1.96 bits per heavy atom. The van der Waals surface area contributed by atoms with Gasteiger partial charge >= 0.3 is 5.97 Å². The molecule has 0 saturated heterocycles. The van der Waals surface area contributed by atoms with E-state index in [1.54, 1.807) is 18.2 Å². The zero-order valence-electron chi connectivity index (χ0n) is 15.3. The zero-order chi connectivity index (χ0) is 20.0. The van der Waals surface area contributed by atoms with Crippen LogP contribution in [-0.4, -0.2) is 33.2 Å². The fraction of sp³-hybridized carbons (Fsp3) is 0.211. The molecule has 0 bridgehead atoms. The number of esters is 1. The van der Waals surface area contributed by atoms with Gasteiger partial charge in [-0.15, -0.1) is 0 Å². The first-order valence-corrected chi connectivity index (χ1v) is 7.78. The summed E-state index contributed by atoms with van der Waals surface area (Å²) in [6, 6.07) is 6.99. The number of methoxy groups -OCH3 is 3. The average molecular weight is 370 g/mol. The summed E-state index contributed by atoms with van der Waals surface area (Å²) in [5.41, 5.74) is 0.507. The maximum atomic E-state index is 12.2. The lowest BCUT2D eigenvalue weighted by Crippen LogP contribution is -2.09. The van der Waals surface area contributed by atoms with E-state index in [0.717, 1.165) is 0 Å². The number of aryl methyl sites for hydroxylation is 1. The molecule has 0 aliphatic heterocycles.